The van der Waals surface area contributed by atoms with Crippen LogP contribution in [0.2, 0.25) is 0 Å². The predicted octanol–water partition coefficient (Wildman–Crippen LogP) is 2.97. The molecule has 4 nitrogen and oxygen atoms in total. The summed E-state index contributed by atoms with van der Waals surface area (Å²) in [5, 5.41) is 0. The molecule has 0 saturated carbocycles. The molecule has 0 spiro atoms. The lowest BCUT2D eigenvalue weighted by Gasteiger charge is -2.36. The molecular formula is C17H28N2O2. The maximum Gasteiger partial charge on any atom is 0.128 e. The van der Waals surface area contributed by atoms with Crippen LogP contribution in [0, 0.1) is 0 Å². The van der Waals surface area contributed by atoms with Gasteiger partial charge in [-0.25, -0.2) is 0 Å². The summed E-state index contributed by atoms with van der Waals surface area (Å²) in [7, 11) is 0. The zero-order valence-corrected chi connectivity index (χ0v) is 13.7. The molecule has 1 aromatic carbocycles. The topological polar surface area (TPSA) is 47.7 Å². The van der Waals surface area contributed by atoms with Crippen LogP contribution < -0.4 is 15.2 Å². The van der Waals surface area contributed by atoms with Crippen molar-refractivity contribution in [3.63, 3.8) is 0 Å². The Morgan fingerprint density at radius 3 is 2.71 bits per heavy atom. The molecule has 1 aromatic rings. The molecular weight excluding hydrogens is 264 g/mol. The third kappa shape index (κ3) is 4.11. The first-order valence-corrected chi connectivity index (χ1v) is 7.89. The van der Waals surface area contributed by atoms with Crippen LogP contribution in [0.1, 0.15) is 45.7 Å². The fourth-order valence-corrected chi connectivity index (χ4v) is 2.81. The van der Waals surface area contributed by atoms with Gasteiger partial charge in [0.25, 0.3) is 0 Å². The van der Waals surface area contributed by atoms with Crippen LogP contribution in [0.3, 0.4) is 0 Å². The summed E-state index contributed by atoms with van der Waals surface area (Å²) in [5.74, 6) is 1.71. The maximum atomic E-state index is 6.22. The lowest BCUT2D eigenvalue weighted by Crippen LogP contribution is -2.37. The molecule has 21 heavy (non-hydrogen) atoms. The SMILES string of the molecule is CCN(CC)CCOc1ccc2c(c1)OC(C)(C)CC2N. The van der Waals surface area contributed by atoms with Gasteiger partial charge in [0.15, 0.2) is 0 Å². The minimum absolute atomic E-state index is 0.0356. The van der Waals surface area contributed by atoms with E-state index in [1.54, 1.807) is 0 Å². The first-order chi connectivity index (χ1) is 9.95. The quantitative estimate of drug-likeness (QED) is 0.875. The summed E-state index contributed by atoms with van der Waals surface area (Å²) in [6.07, 6.45) is 0.835. The second-order valence-electron chi connectivity index (χ2n) is 6.25. The summed E-state index contributed by atoms with van der Waals surface area (Å²) in [6.45, 7) is 12.2. The van der Waals surface area contributed by atoms with Gasteiger partial charge < -0.3 is 20.1 Å². The molecule has 2 rings (SSSR count). The number of nitrogens with zero attached hydrogens (tertiary/aromatic N) is 1. The molecule has 0 saturated heterocycles. The highest BCUT2D eigenvalue weighted by Crippen LogP contribution is 2.39. The molecule has 1 heterocycles. The number of benzene rings is 1. The molecule has 1 atom stereocenters. The molecule has 0 fully saturated rings. The van der Waals surface area contributed by atoms with Gasteiger partial charge in [0.1, 0.15) is 23.7 Å². The van der Waals surface area contributed by atoms with Crippen LogP contribution >= 0.6 is 0 Å². The number of ether oxygens (including phenoxy) is 2. The molecule has 0 aliphatic carbocycles. The fourth-order valence-electron chi connectivity index (χ4n) is 2.81. The van der Waals surface area contributed by atoms with Gasteiger partial charge in [-0.1, -0.05) is 19.9 Å². The van der Waals surface area contributed by atoms with Gasteiger partial charge in [-0.3, -0.25) is 0 Å². The van der Waals surface area contributed by atoms with Crippen LogP contribution in [0.5, 0.6) is 11.5 Å². The van der Waals surface area contributed by atoms with Crippen molar-refractivity contribution in [2.24, 2.45) is 5.73 Å². The van der Waals surface area contributed by atoms with Gasteiger partial charge in [0, 0.05) is 30.6 Å². The smallest absolute Gasteiger partial charge is 0.128 e. The summed E-state index contributed by atoms with van der Waals surface area (Å²) in [4.78, 5) is 2.34. The number of fused-ring (bicyclic) bond motifs is 1. The van der Waals surface area contributed by atoms with E-state index in [0.29, 0.717) is 6.61 Å². The van der Waals surface area contributed by atoms with Crippen molar-refractivity contribution in [1.29, 1.82) is 0 Å². The minimum Gasteiger partial charge on any atom is -0.492 e. The van der Waals surface area contributed by atoms with Crippen LogP contribution in [0.25, 0.3) is 0 Å². The fraction of sp³-hybridized carbons (Fsp3) is 0.647. The standard InChI is InChI=1S/C17H28N2O2/c1-5-19(6-2)9-10-20-13-7-8-14-15(18)12-17(3,4)21-16(14)11-13/h7-8,11,15H,5-6,9-10,12,18H2,1-4H3. The average molecular weight is 292 g/mol. The van der Waals surface area contributed by atoms with E-state index < -0.39 is 0 Å². The summed E-state index contributed by atoms with van der Waals surface area (Å²) in [5.41, 5.74) is 7.08. The third-order valence-electron chi connectivity index (χ3n) is 4.05. The van der Waals surface area contributed by atoms with Crippen LogP contribution in [0.4, 0.5) is 0 Å². The highest BCUT2D eigenvalue weighted by atomic mass is 16.5. The highest BCUT2D eigenvalue weighted by Gasteiger charge is 2.31. The van der Waals surface area contributed by atoms with Gasteiger partial charge in [0.05, 0.1) is 0 Å². The number of nitrogens with two attached hydrogens (primary N) is 1. The van der Waals surface area contributed by atoms with Gasteiger partial charge >= 0.3 is 0 Å². The zero-order chi connectivity index (χ0) is 15.5. The monoisotopic (exact) mass is 292 g/mol. The van der Waals surface area contributed by atoms with E-state index in [1.807, 2.05) is 18.2 Å². The van der Waals surface area contributed by atoms with E-state index in [0.717, 1.165) is 43.1 Å². The lowest BCUT2D eigenvalue weighted by molar-refractivity contribution is 0.0724. The average Bonchev–Trinajstić information content (AvgIpc) is 2.42. The molecule has 1 aliphatic rings. The normalized spacial score (nSPS) is 20.0. The molecule has 0 bridgehead atoms. The van der Waals surface area contributed by atoms with Crippen molar-refractivity contribution in [3.05, 3.63) is 23.8 Å². The largest absolute Gasteiger partial charge is 0.492 e. The summed E-state index contributed by atoms with van der Waals surface area (Å²) in [6, 6.07) is 6.02. The van der Waals surface area contributed by atoms with Crippen molar-refractivity contribution in [2.75, 3.05) is 26.2 Å². The number of hydrogen-bond acceptors (Lipinski definition) is 4. The van der Waals surface area contributed by atoms with E-state index in [-0.39, 0.29) is 11.6 Å². The van der Waals surface area contributed by atoms with Crippen LogP contribution in [-0.2, 0) is 0 Å². The highest BCUT2D eigenvalue weighted by molar-refractivity contribution is 5.44. The Labute approximate surface area is 128 Å². The number of rotatable bonds is 6. The second-order valence-corrected chi connectivity index (χ2v) is 6.25. The predicted molar refractivity (Wildman–Crippen MR) is 86.0 cm³/mol. The van der Waals surface area contributed by atoms with Crippen molar-refractivity contribution < 1.29 is 9.47 Å². The molecule has 0 radical (unpaired) electrons. The van der Waals surface area contributed by atoms with Gasteiger partial charge in [-0.15, -0.1) is 0 Å². The number of likely N-dealkylation sites (N-methyl/N-ethyl adjacent to an activating group) is 1. The van der Waals surface area contributed by atoms with Crippen molar-refractivity contribution >= 4 is 0 Å². The maximum absolute atomic E-state index is 6.22. The lowest BCUT2D eigenvalue weighted by atomic mass is 9.90. The van der Waals surface area contributed by atoms with E-state index in [2.05, 4.69) is 32.6 Å². The van der Waals surface area contributed by atoms with Crippen molar-refractivity contribution in [2.45, 2.75) is 45.8 Å². The molecule has 1 unspecified atom stereocenters. The van der Waals surface area contributed by atoms with Gasteiger partial charge in [0.2, 0.25) is 0 Å². The Kier molecular flexibility index (Phi) is 5.12. The first kappa shape index (κ1) is 16.1. The van der Waals surface area contributed by atoms with Crippen LogP contribution in [0.15, 0.2) is 18.2 Å². The Bertz CT molecular complexity index is 470. The molecule has 1 aliphatic heterocycles. The molecule has 118 valence electrons. The first-order valence-electron chi connectivity index (χ1n) is 7.89. The summed E-state index contributed by atoms with van der Waals surface area (Å²) < 4.78 is 11.9. The van der Waals surface area contributed by atoms with E-state index in [4.69, 9.17) is 15.2 Å². The van der Waals surface area contributed by atoms with E-state index >= 15 is 0 Å². The van der Waals surface area contributed by atoms with Crippen molar-refractivity contribution in [1.82, 2.24) is 4.90 Å². The molecule has 4 heteroatoms. The molecule has 0 amide bonds. The van der Waals surface area contributed by atoms with E-state index in [9.17, 15) is 0 Å². The van der Waals surface area contributed by atoms with Gasteiger partial charge in [-0.2, -0.15) is 0 Å². The summed E-state index contributed by atoms with van der Waals surface area (Å²) >= 11 is 0. The molecule has 0 aromatic heterocycles. The number of hydrogen-bond donors (Lipinski definition) is 1. The Hall–Kier alpha value is -1.26. The second kappa shape index (κ2) is 6.67. The zero-order valence-electron chi connectivity index (χ0n) is 13.7. The van der Waals surface area contributed by atoms with Crippen molar-refractivity contribution in [3.8, 4) is 11.5 Å². The third-order valence-corrected chi connectivity index (χ3v) is 4.05. The Morgan fingerprint density at radius 2 is 2.05 bits per heavy atom. The Balaban J connectivity index is 2.00. The Morgan fingerprint density at radius 1 is 1.33 bits per heavy atom. The van der Waals surface area contributed by atoms with E-state index in [1.165, 1.54) is 0 Å². The van der Waals surface area contributed by atoms with Crippen LogP contribution in [-0.4, -0.2) is 36.7 Å². The molecule has 2 N–H and O–H groups in total. The van der Waals surface area contributed by atoms with Gasteiger partial charge in [-0.05, 0) is 33.0 Å². The minimum atomic E-state index is -0.216.